The zero-order chi connectivity index (χ0) is 20.8. The Morgan fingerprint density at radius 1 is 1.20 bits per heavy atom. The number of hydrogen-bond acceptors (Lipinski definition) is 5. The van der Waals surface area contributed by atoms with E-state index in [2.05, 4.69) is 20.7 Å². The molecule has 1 amide bonds. The molecule has 0 radical (unpaired) electrons. The maximum Gasteiger partial charge on any atom is 0.276 e. The van der Waals surface area contributed by atoms with Gasteiger partial charge in [-0.25, -0.2) is 0 Å². The number of amides is 1. The molecule has 7 nitrogen and oxygen atoms in total. The molecule has 1 aliphatic heterocycles. The SMILES string of the molecule is COCCn1nc(C(=O)Nc2ccccc2CCc2ccccn2)c2c1CCNC2. The van der Waals surface area contributed by atoms with Gasteiger partial charge in [-0.15, -0.1) is 0 Å². The highest BCUT2D eigenvalue weighted by molar-refractivity contribution is 6.04. The Labute approximate surface area is 176 Å². The highest BCUT2D eigenvalue weighted by Crippen LogP contribution is 2.22. The number of benzene rings is 1. The number of para-hydroxylation sites is 1. The van der Waals surface area contributed by atoms with E-state index in [1.807, 2.05) is 47.1 Å². The summed E-state index contributed by atoms with van der Waals surface area (Å²) in [7, 11) is 1.67. The van der Waals surface area contributed by atoms with Crippen LogP contribution in [0.15, 0.2) is 48.7 Å². The molecule has 2 aromatic heterocycles. The summed E-state index contributed by atoms with van der Waals surface area (Å²) in [6.07, 6.45) is 4.29. The van der Waals surface area contributed by atoms with Crippen LogP contribution in [-0.2, 0) is 37.1 Å². The lowest BCUT2D eigenvalue weighted by atomic mass is 10.0. The Morgan fingerprint density at radius 2 is 2.07 bits per heavy atom. The molecule has 0 aliphatic carbocycles. The van der Waals surface area contributed by atoms with Crippen LogP contribution in [0, 0.1) is 0 Å². The lowest BCUT2D eigenvalue weighted by Crippen LogP contribution is -2.26. The molecule has 1 aliphatic rings. The second-order valence-electron chi connectivity index (χ2n) is 7.35. The second kappa shape index (κ2) is 9.65. The molecule has 0 atom stereocenters. The van der Waals surface area contributed by atoms with E-state index in [4.69, 9.17) is 4.74 Å². The van der Waals surface area contributed by atoms with Crippen molar-refractivity contribution in [2.45, 2.75) is 32.4 Å². The number of aryl methyl sites for hydroxylation is 2. The lowest BCUT2D eigenvalue weighted by Gasteiger charge is -2.15. The zero-order valence-corrected chi connectivity index (χ0v) is 17.2. The average Bonchev–Trinajstić information content (AvgIpc) is 3.16. The molecular formula is C23H27N5O2. The summed E-state index contributed by atoms with van der Waals surface area (Å²) in [6.45, 7) is 2.77. The summed E-state index contributed by atoms with van der Waals surface area (Å²) in [5.74, 6) is -0.170. The van der Waals surface area contributed by atoms with Crippen molar-refractivity contribution in [1.82, 2.24) is 20.1 Å². The molecule has 3 aromatic rings. The summed E-state index contributed by atoms with van der Waals surface area (Å²) in [5, 5.41) is 11.1. The summed E-state index contributed by atoms with van der Waals surface area (Å²) in [5.41, 5.74) is 5.55. The third-order valence-corrected chi connectivity index (χ3v) is 5.37. The molecule has 3 heterocycles. The number of hydrogen-bond donors (Lipinski definition) is 2. The van der Waals surface area contributed by atoms with Gasteiger partial charge in [0.2, 0.25) is 0 Å². The number of anilines is 1. The molecule has 0 unspecified atom stereocenters. The van der Waals surface area contributed by atoms with E-state index in [0.29, 0.717) is 25.4 Å². The van der Waals surface area contributed by atoms with Crippen LogP contribution in [0.2, 0.25) is 0 Å². The van der Waals surface area contributed by atoms with Gasteiger partial charge in [0.25, 0.3) is 5.91 Å². The van der Waals surface area contributed by atoms with Gasteiger partial charge in [-0.1, -0.05) is 24.3 Å². The van der Waals surface area contributed by atoms with E-state index in [9.17, 15) is 4.79 Å². The minimum absolute atomic E-state index is 0.170. The average molecular weight is 406 g/mol. The molecule has 0 saturated carbocycles. The second-order valence-corrected chi connectivity index (χ2v) is 7.35. The molecule has 4 rings (SSSR count). The van der Waals surface area contributed by atoms with Gasteiger partial charge in [0.1, 0.15) is 0 Å². The van der Waals surface area contributed by atoms with E-state index < -0.39 is 0 Å². The van der Waals surface area contributed by atoms with E-state index in [1.165, 1.54) is 0 Å². The van der Waals surface area contributed by atoms with E-state index >= 15 is 0 Å². The molecular weight excluding hydrogens is 378 g/mol. The van der Waals surface area contributed by atoms with Gasteiger partial charge < -0.3 is 15.4 Å². The van der Waals surface area contributed by atoms with Crippen LogP contribution in [0.25, 0.3) is 0 Å². The quantitative estimate of drug-likeness (QED) is 0.602. The highest BCUT2D eigenvalue weighted by Gasteiger charge is 2.25. The van der Waals surface area contributed by atoms with Crippen LogP contribution in [-0.4, -0.2) is 40.9 Å². The van der Waals surface area contributed by atoms with Crippen molar-refractivity contribution in [2.24, 2.45) is 0 Å². The molecule has 7 heteroatoms. The normalized spacial score (nSPS) is 13.1. The fraction of sp³-hybridized carbons (Fsp3) is 0.348. The number of carbonyl (C=O) groups excluding carboxylic acids is 1. The van der Waals surface area contributed by atoms with Crippen molar-refractivity contribution in [3.63, 3.8) is 0 Å². The van der Waals surface area contributed by atoms with Gasteiger partial charge in [0, 0.05) is 55.5 Å². The largest absolute Gasteiger partial charge is 0.383 e. The van der Waals surface area contributed by atoms with E-state index in [-0.39, 0.29) is 5.91 Å². The Kier molecular flexibility index (Phi) is 6.51. The van der Waals surface area contributed by atoms with Crippen molar-refractivity contribution in [3.05, 3.63) is 76.9 Å². The third-order valence-electron chi connectivity index (χ3n) is 5.37. The maximum absolute atomic E-state index is 13.1. The zero-order valence-electron chi connectivity index (χ0n) is 17.2. The monoisotopic (exact) mass is 405 g/mol. The van der Waals surface area contributed by atoms with Crippen molar-refractivity contribution >= 4 is 11.6 Å². The van der Waals surface area contributed by atoms with Crippen LogP contribution in [0.3, 0.4) is 0 Å². The summed E-state index contributed by atoms with van der Waals surface area (Å²) in [4.78, 5) is 17.5. The van der Waals surface area contributed by atoms with Crippen LogP contribution in [0.4, 0.5) is 5.69 Å². The fourth-order valence-corrected chi connectivity index (χ4v) is 3.82. The Bertz CT molecular complexity index is 1000. The van der Waals surface area contributed by atoms with Gasteiger partial charge in [0.05, 0.1) is 13.2 Å². The molecule has 30 heavy (non-hydrogen) atoms. The Balaban J connectivity index is 1.52. The number of nitrogens with zero attached hydrogens (tertiary/aromatic N) is 3. The van der Waals surface area contributed by atoms with Crippen molar-refractivity contribution in [1.29, 1.82) is 0 Å². The van der Waals surface area contributed by atoms with Gasteiger partial charge in [-0.3, -0.25) is 14.5 Å². The highest BCUT2D eigenvalue weighted by atomic mass is 16.5. The number of methoxy groups -OCH3 is 1. The predicted molar refractivity (Wildman–Crippen MR) is 116 cm³/mol. The summed E-state index contributed by atoms with van der Waals surface area (Å²) >= 11 is 0. The first kappa shape index (κ1) is 20.3. The van der Waals surface area contributed by atoms with E-state index in [1.54, 1.807) is 13.3 Å². The Hall–Kier alpha value is -3.03. The van der Waals surface area contributed by atoms with Crippen LogP contribution < -0.4 is 10.6 Å². The molecule has 1 aromatic carbocycles. The Morgan fingerprint density at radius 3 is 2.90 bits per heavy atom. The minimum atomic E-state index is -0.170. The number of fused-ring (bicyclic) bond motifs is 1. The molecule has 2 N–H and O–H groups in total. The smallest absolute Gasteiger partial charge is 0.276 e. The van der Waals surface area contributed by atoms with Gasteiger partial charge in [-0.05, 0) is 36.6 Å². The van der Waals surface area contributed by atoms with Crippen LogP contribution in [0.5, 0.6) is 0 Å². The standard InChI is InChI=1S/C23H27N5O2/c1-30-15-14-28-21-11-13-24-16-19(21)22(27-28)23(29)26-20-8-3-2-6-17(20)9-10-18-7-4-5-12-25-18/h2-8,12,24H,9-11,13-16H2,1H3,(H,26,29). The van der Waals surface area contributed by atoms with Crippen LogP contribution >= 0.6 is 0 Å². The third kappa shape index (κ3) is 4.58. The van der Waals surface area contributed by atoms with Crippen molar-refractivity contribution in [3.8, 4) is 0 Å². The summed E-state index contributed by atoms with van der Waals surface area (Å²) < 4.78 is 7.12. The number of nitrogens with one attached hydrogen (secondary N) is 2. The topological polar surface area (TPSA) is 81.1 Å². The molecule has 0 saturated heterocycles. The fourth-order valence-electron chi connectivity index (χ4n) is 3.82. The predicted octanol–water partition coefficient (Wildman–Crippen LogP) is 2.61. The number of carbonyl (C=O) groups is 1. The number of rotatable bonds is 8. The lowest BCUT2D eigenvalue weighted by molar-refractivity contribution is 0.101. The molecule has 156 valence electrons. The first-order valence-electron chi connectivity index (χ1n) is 10.3. The maximum atomic E-state index is 13.1. The number of aromatic nitrogens is 3. The number of ether oxygens (including phenoxy) is 1. The van der Waals surface area contributed by atoms with Crippen molar-refractivity contribution < 1.29 is 9.53 Å². The van der Waals surface area contributed by atoms with Gasteiger partial charge in [-0.2, -0.15) is 5.10 Å². The van der Waals surface area contributed by atoms with Gasteiger partial charge in [0.15, 0.2) is 5.69 Å². The molecule has 0 bridgehead atoms. The van der Waals surface area contributed by atoms with Crippen LogP contribution in [0.1, 0.15) is 33.0 Å². The van der Waals surface area contributed by atoms with E-state index in [0.717, 1.165) is 54.0 Å². The van der Waals surface area contributed by atoms with Crippen molar-refractivity contribution in [2.75, 3.05) is 25.6 Å². The summed E-state index contributed by atoms with van der Waals surface area (Å²) in [6, 6.07) is 13.9. The first-order valence-corrected chi connectivity index (χ1v) is 10.3. The number of pyridine rings is 1. The first-order chi connectivity index (χ1) is 14.8. The van der Waals surface area contributed by atoms with Gasteiger partial charge >= 0.3 is 0 Å². The minimum Gasteiger partial charge on any atom is -0.383 e. The molecule has 0 fully saturated rings. The molecule has 0 spiro atoms.